The average Bonchev–Trinajstić information content (AvgIpc) is 3.26. The first-order chi connectivity index (χ1) is 17.6. The van der Waals surface area contributed by atoms with Crippen LogP contribution in [0.1, 0.15) is 34.8 Å². The number of hydrogen-bond donors (Lipinski definition) is 2. The van der Waals surface area contributed by atoms with Crippen LogP contribution < -0.4 is 20.3 Å². The van der Waals surface area contributed by atoms with Gasteiger partial charge < -0.3 is 20.3 Å². The highest BCUT2D eigenvalue weighted by atomic mass is 16.6. The van der Waals surface area contributed by atoms with Crippen molar-refractivity contribution in [2.75, 3.05) is 36.4 Å². The molecule has 3 aromatic rings. The second-order valence-corrected chi connectivity index (χ2v) is 8.86. The Kier molecular flexibility index (Phi) is 6.95. The Bertz CT molecular complexity index is 1240. The van der Waals surface area contributed by atoms with E-state index in [2.05, 4.69) is 10.6 Å². The van der Waals surface area contributed by atoms with Crippen LogP contribution in [0.3, 0.4) is 0 Å². The number of hydrogen-bond acceptors (Lipinski definition) is 5. The third-order valence-corrected chi connectivity index (χ3v) is 6.42. The van der Waals surface area contributed by atoms with Crippen LogP contribution in [0.4, 0.5) is 16.2 Å². The SMILES string of the molecule is O=C1CC(c2ccccc2)N(C(=O)Oc2ccccc2)c2ccc(C(=O)N3CCCNCC3)cc2N1. The number of nitrogens with zero attached hydrogens (tertiary/aromatic N) is 2. The Morgan fingerprint density at radius 1 is 0.889 bits per heavy atom. The van der Waals surface area contributed by atoms with Crippen molar-refractivity contribution in [1.82, 2.24) is 10.2 Å². The van der Waals surface area contributed by atoms with Crippen LogP contribution >= 0.6 is 0 Å². The van der Waals surface area contributed by atoms with E-state index < -0.39 is 12.1 Å². The molecule has 0 saturated carbocycles. The predicted octanol–water partition coefficient (Wildman–Crippen LogP) is 4.21. The lowest BCUT2D eigenvalue weighted by Crippen LogP contribution is -2.37. The Hall–Kier alpha value is -4.17. The molecule has 0 spiro atoms. The summed E-state index contributed by atoms with van der Waals surface area (Å²) in [6.07, 6.45) is 0.319. The number of carbonyl (C=O) groups excluding carboxylic acids is 3. The van der Waals surface area contributed by atoms with Gasteiger partial charge in [-0.25, -0.2) is 4.79 Å². The second kappa shape index (κ2) is 10.6. The lowest BCUT2D eigenvalue weighted by atomic mass is 10.0. The lowest BCUT2D eigenvalue weighted by Gasteiger charge is -2.30. The number of anilines is 2. The van der Waals surface area contributed by atoms with E-state index in [0.29, 0.717) is 35.8 Å². The first-order valence-corrected chi connectivity index (χ1v) is 12.1. The van der Waals surface area contributed by atoms with E-state index >= 15 is 0 Å². The molecule has 8 nitrogen and oxygen atoms in total. The lowest BCUT2D eigenvalue weighted by molar-refractivity contribution is -0.116. The summed E-state index contributed by atoms with van der Waals surface area (Å²) >= 11 is 0. The van der Waals surface area contributed by atoms with Crippen molar-refractivity contribution in [2.24, 2.45) is 0 Å². The van der Waals surface area contributed by atoms with Gasteiger partial charge in [0.25, 0.3) is 5.91 Å². The normalized spacial score (nSPS) is 17.9. The highest BCUT2D eigenvalue weighted by Gasteiger charge is 2.35. The number of benzene rings is 3. The van der Waals surface area contributed by atoms with E-state index in [1.54, 1.807) is 42.5 Å². The van der Waals surface area contributed by atoms with Crippen LogP contribution in [0.5, 0.6) is 5.75 Å². The van der Waals surface area contributed by atoms with Crippen molar-refractivity contribution >= 4 is 29.3 Å². The quantitative estimate of drug-likeness (QED) is 0.581. The molecule has 36 heavy (non-hydrogen) atoms. The number of amides is 3. The van der Waals surface area contributed by atoms with Gasteiger partial charge in [-0.05, 0) is 48.9 Å². The molecule has 0 aromatic heterocycles. The predicted molar refractivity (Wildman–Crippen MR) is 137 cm³/mol. The van der Waals surface area contributed by atoms with Gasteiger partial charge in [0.15, 0.2) is 0 Å². The van der Waals surface area contributed by atoms with Crippen molar-refractivity contribution in [3.8, 4) is 5.75 Å². The molecule has 1 saturated heterocycles. The van der Waals surface area contributed by atoms with Gasteiger partial charge in [0, 0.05) is 25.2 Å². The maximum Gasteiger partial charge on any atom is 0.420 e. The molecule has 2 aliphatic heterocycles. The standard InChI is InChI=1S/C28H28N4O4/c33-26-19-25(20-8-3-1-4-9-20)32(28(35)36-22-10-5-2-6-11-22)24-13-12-21(18-23(24)30-26)27(34)31-16-7-14-29-15-17-31/h1-6,8-13,18,25,29H,7,14-17,19H2,(H,30,33). The van der Waals surface area contributed by atoms with E-state index in [9.17, 15) is 14.4 Å². The number of para-hydroxylation sites is 1. The molecular formula is C28H28N4O4. The summed E-state index contributed by atoms with van der Waals surface area (Å²) in [6.45, 7) is 2.91. The minimum absolute atomic E-state index is 0.0453. The first-order valence-electron chi connectivity index (χ1n) is 12.1. The molecule has 0 bridgehead atoms. The zero-order valence-corrected chi connectivity index (χ0v) is 19.9. The van der Waals surface area contributed by atoms with Gasteiger partial charge in [-0.15, -0.1) is 0 Å². The summed E-state index contributed by atoms with van der Waals surface area (Å²) < 4.78 is 5.71. The van der Waals surface area contributed by atoms with Crippen molar-refractivity contribution < 1.29 is 19.1 Å². The summed E-state index contributed by atoms with van der Waals surface area (Å²) in [4.78, 5) is 43.1. The van der Waals surface area contributed by atoms with Crippen LogP contribution in [-0.4, -0.2) is 49.0 Å². The van der Waals surface area contributed by atoms with Gasteiger partial charge >= 0.3 is 6.09 Å². The molecule has 2 aliphatic rings. The molecule has 2 heterocycles. The van der Waals surface area contributed by atoms with Crippen LogP contribution in [0.2, 0.25) is 0 Å². The van der Waals surface area contributed by atoms with Crippen LogP contribution in [0, 0.1) is 0 Å². The van der Waals surface area contributed by atoms with E-state index in [4.69, 9.17) is 4.74 Å². The zero-order chi connectivity index (χ0) is 24.9. The third kappa shape index (κ3) is 5.08. The van der Waals surface area contributed by atoms with Crippen LogP contribution in [-0.2, 0) is 4.79 Å². The molecule has 2 N–H and O–H groups in total. The molecule has 1 unspecified atom stereocenters. The number of carbonyl (C=O) groups is 3. The Labute approximate surface area is 209 Å². The molecular weight excluding hydrogens is 456 g/mol. The average molecular weight is 485 g/mol. The molecule has 0 radical (unpaired) electrons. The molecule has 184 valence electrons. The topological polar surface area (TPSA) is 91.0 Å². The fourth-order valence-electron chi connectivity index (χ4n) is 4.65. The molecule has 1 fully saturated rings. The van der Waals surface area contributed by atoms with Crippen molar-refractivity contribution in [1.29, 1.82) is 0 Å². The summed E-state index contributed by atoms with van der Waals surface area (Å²) in [5.74, 6) is 0.0580. The van der Waals surface area contributed by atoms with Crippen molar-refractivity contribution in [3.63, 3.8) is 0 Å². The molecule has 8 heteroatoms. The highest BCUT2D eigenvalue weighted by Crippen LogP contribution is 2.39. The summed E-state index contributed by atoms with van der Waals surface area (Å²) in [6, 6.07) is 22.7. The van der Waals surface area contributed by atoms with E-state index in [0.717, 1.165) is 25.1 Å². The molecule has 0 aliphatic carbocycles. The van der Waals surface area contributed by atoms with Crippen LogP contribution in [0.25, 0.3) is 0 Å². The largest absolute Gasteiger partial charge is 0.420 e. The minimum atomic E-state index is -0.606. The number of ether oxygens (including phenoxy) is 1. The number of rotatable bonds is 3. The number of fused-ring (bicyclic) bond motifs is 1. The van der Waals surface area contributed by atoms with Gasteiger partial charge in [0.2, 0.25) is 5.91 Å². The molecule has 5 rings (SSSR count). The smallest absolute Gasteiger partial charge is 0.410 e. The molecule has 1 atom stereocenters. The Balaban J connectivity index is 1.53. The fourth-order valence-corrected chi connectivity index (χ4v) is 4.65. The van der Waals surface area contributed by atoms with Gasteiger partial charge in [-0.3, -0.25) is 14.5 Å². The zero-order valence-electron chi connectivity index (χ0n) is 19.9. The minimum Gasteiger partial charge on any atom is -0.410 e. The summed E-state index contributed by atoms with van der Waals surface area (Å²) in [5.41, 5.74) is 2.15. The Morgan fingerprint density at radius 2 is 1.64 bits per heavy atom. The van der Waals surface area contributed by atoms with Gasteiger partial charge in [0.1, 0.15) is 5.75 Å². The number of nitrogens with one attached hydrogen (secondary N) is 2. The maximum absolute atomic E-state index is 13.6. The summed E-state index contributed by atoms with van der Waals surface area (Å²) in [7, 11) is 0. The van der Waals surface area contributed by atoms with Crippen LogP contribution in [0.15, 0.2) is 78.9 Å². The van der Waals surface area contributed by atoms with Gasteiger partial charge in [0.05, 0.1) is 23.8 Å². The third-order valence-electron chi connectivity index (χ3n) is 6.42. The van der Waals surface area contributed by atoms with Crippen molar-refractivity contribution in [2.45, 2.75) is 18.9 Å². The fraction of sp³-hybridized carbons (Fsp3) is 0.250. The molecule has 3 aromatic carbocycles. The monoisotopic (exact) mass is 484 g/mol. The van der Waals surface area contributed by atoms with E-state index in [1.165, 1.54) is 4.90 Å². The second-order valence-electron chi connectivity index (χ2n) is 8.86. The first kappa shape index (κ1) is 23.6. The maximum atomic E-state index is 13.6. The van der Waals surface area contributed by atoms with Gasteiger partial charge in [-0.1, -0.05) is 48.5 Å². The highest BCUT2D eigenvalue weighted by molar-refractivity contribution is 6.05. The Morgan fingerprint density at radius 3 is 2.42 bits per heavy atom. The van der Waals surface area contributed by atoms with E-state index in [-0.39, 0.29) is 18.2 Å². The van der Waals surface area contributed by atoms with E-state index in [1.807, 2.05) is 41.3 Å². The van der Waals surface area contributed by atoms with Gasteiger partial charge in [-0.2, -0.15) is 0 Å². The summed E-state index contributed by atoms with van der Waals surface area (Å²) in [5, 5.41) is 6.21. The van der Waals surface area contributed by atoms with Crippen molar-refractivity contribution in [3.05, 3.63) is 90.0 Å². The molecule has 3 amide bonds.